The molecule has 0 aliphatic carbocycles. The molecule has 0 radical (unpaired) electrons. The molecule has 1 aromatic carbocycles. The fourth-order valence-electron chi connectivity index (χ4n) is 1.21. The van der Waals surface area contributed by atoms with Gasteiger partial charge in [0.1, 0.15) is 0 Å². The zero-order chi connectivity index (χ0) is 17.6. The monoisotopic (exact) mass is 385 g/mol. The average Bonchev–Trinajstić information content (AvgIpc) is 2.47. The first kappa shape index (κ1) is 23.2. The number of carbonyl (C=O) groups is 1. The van der Waals surface area contributed by atoms with Gasteiger partial charge in [-0.05, 0) is 44.0 Å². The largest absolute Gasteiger partial charge is 0.490 e. The minimum atomic E-state index is -4.85. The predicted octanol–water partition coefficient (Wildman–Crippen LogP) is 4.48. The van der Waals surface area contributed by atoms with Crippen LogP contribution in [0.1, 0.15) is 32.8 Å². The molecular weight excluding hydrogens is 363 g/mol. The van der Waals surface area contributed by atoms with Gasteiger partial charge in [0.2, 0.25) is 0 Å². The van der Waals surface area contributed by atoms with Gasteiger partial charge in [-0.2, -0.15) is 13.2 Å². The summed E-state index contributed by atoms with van der Waals surface area (Å²) in [5.41, 5.74) is 6.75. The van der Waals surface area contributed by atoms with E-state index >= 15 is 0 Å². The molecule has 0 aromatic heterocycles. The molecular formula is C15H23BrF3NO2. The van der Waals surface area contributed by atoms with E-state index < -0.39 is 12.1 Å². The first-order valence-electron chi connectivity index (χ1n) is 6.99. The molecule has 0 heterocycles. The van der Waals surface area contributed by atoms with Crippen LogP contribution in [0.2, 0.25) is 0 Å². The Balaban J connectivity index is 0. The number of hydrogen-bond donors (Lipinski definition) is 1. The zero-order valence-electron chi connectivity index (χ0n) is 13.0. The summed E-state index contributed by atoms with van der Waals surface area (Å²) in [4.78, 5) is 9.72. The van der Waals surface area contributed by atoms with Gasteiger partial charge in [-0.1, -0.05) is 41.9 Å². The first-order valence-corrected chi connectivity index (χ1v) is 7.79. The van der Waals surface area contributed by atoms with E-state index in [-0.39, 0.29) is 6.61 Å². The van der Waals surface area contributed by atoms with Gasteiger partial charge in [0.05, 0.1) is 6.61 Å². The third-order valence-corrected chi connectivity index (χ3v) is 2.56. The highest BCUT2D eigenvalue weighted by atomic mass is 79.9. The lowest BCUT2D eigenvalue weighted by atomic mass is 10.1. The van der Waals surface area contributed by atoms with Gasteiger partial charge in [0.15, 0.2) is 0 Å². The number of nitrogens with two attached hydrogens (primary N) is 1. The van der Waals surface area contributed by atoms with Crippen LogP contribution in [0, 0.1) is 0 Å². The number of halogens is 4. The van der Waals surface area contributed by atoms with Crippen LogP contribution in [0.4, 0.5) is 13.2 Å². The molecule has 0 aliphatic rings. The lowest BCUT2D eigenvalue weighted by molar-refractivity contribution is -0.199. The zero-order valence-corrected chi connectivity index (χ0v) is 14.6. The molecule has 0 fully saturated rings. The van der Waals surface area contributed by atoms with Gasteiger partial charge in [-0.25, -0.2) is 4.79 Å². The Morgan fingerprint density at radius 2 is 1.91 bits per heavy atom. The van der Waals surface area contributed by atoms with Gasteiger partial charge >= 0.3 is 12.1 Å². The van der Waals surface area contributed by atoms with E-state index in [2.05, 4.69) is 38.9 Å². The number of esters is 1. The number of ether oxygens (including phenoxy) is 1. The highest BCUT2D eigenvalue weighted by molar-refractivity contribution is 9.10. The summed E-state index contributed by atoms with van der Waals surface area (Å²) in [6, 6.07) is 8.35. The third kappa shape index (κ3) is 12.6. The lowest BCUT2D eigenvalue weighted by Gasteiger charge is -2.02. The maximum absolute atomic E-state index is 11.2. The van der Waals surface area contributed by atoms with Crippen LogP contribution < -0.4 is 5.73 Å². The van der Waals surface area contributed by atoms with Crippen LogP contribution in [0.3, 0.4) is 0 Å². The Kier molecular flexibility index (Phi) is 14.3. The fourth-order valence-corrected chi connectivity index (χ4v) is 1.66. The van der Waals surface area contributed by atoms with E-state index in [9.17, 15) is 18.0 Å². The molecule has 0 spiro atoms. The van der Waals surface area contributed by atoms with Crippen molar-refractivity contribution in [2.45, 2.75) is 39.8 Å². The second-order valence-corrected chi connectivity index (χ2v) is 4.66. The van der Waals surface area contributed by atoms with E-state index in [1.165, 1.54) is 12.5 Å². The summed E-state index contributed by atoms with van der Waals surface area (Å²) in [5, 5.41) is 0. The van der Waals surface area contributed by atoms with Crippen LogP contribution in [-0.2, 0) is 16.0 Å². The molecule has 0 saturated carbocycles. The Hall–Kier alpha value is -1.08. The topological polar surface area (TPSA) is 52.3 Å². The van der Waals surface area contributed by atoms with Gasteiger partial charge in [-0.3, -0.25) is 0 Å². The van der Waals surface area contributed by atoms with Gasteiger partial charge in [0, 0.05) is 4.47 Å². The van der Waals surface area contributed by atoms with Crippen LogP contribution >= 0.6 is 15.9 Å². The van der Waals surface area contributed by atoms with E-state index in [1.54, 1.807) is 0 Å². The summed E-state index contributed by atoms with van der Waals surface area (Å²) in [5.74, 6) is -2.13. The second-order valence-electron chi connectivity index (χ2n) is 3.74. The maximum Gasteiger partial charge on any atom is 0.490 e. The highest BCUT2D eigenvalue weighted by Gasteiger charge is 2.40. The van der Waals surface area contributed by atoms with Gasteiger partial charge < -0.3 is 10.5 Å². The van der Waals surface area contributed by atoms with Crippen molar-refractivity contribution in [3.8, 4) is 0 Å². The number of aryl methyl sites for hydroxylation is 1. The van der Waals surface area contributed by atoms with E-state index in [0.29, 0.717) is 0 Å². The normalized spacial score (nSPS) is 9.82. The molecule has 0 atom stereocenters. The summed E-state index contributed by atoms with van der Waals surface area (Å²) in [6.07, 6.45) is -2.71. The summed E-state index contributed by atoms with van der Waals surface area (Å²) < 4.78 is 38.3. The van der Waals surface area contributed by atoms with E-state index in [1.807, 2.05) is 19.9 Å². The third-order valence-electron chi connectivity index (χ3n) is 2.07. The summed E-state index contributed by atoms with van der Waals surface area (Å²) in [7, 11) is 0. The molecule has 0 bridgehead atoms. The standard InChI is InChI=1S/C9H12BrN.C4H5F3O2.C2H6/c10-9-5-1-3-8(7-9)4-2-6-11;1-2-9-3(8)4(5,6)7;1-2/h1,3,5,7H,2,4,6,11H2;2H2,1H3;1-2H3. The summed E-state index contributed by atoms with van der Waals surface area (Å²) in [6.45, 7) is 5.83. The molecule has 128 valence electrons. The molecule has 1 aromatic rings. The minimum absolute atomic E-state index is 0.252. The molecule has 1 rings (SSSR count). The van der Waals surface area contributed by atoms with Crippen LogP contribution in [0.25, 0.3) is 0 Å². The van der Waals surface area contributed by atoms with Crippen molar-refractivity contribution in [1.29, 1.82) is 0 Å². The molecule has 0 saturated heterocycles. The number of carbonyl (C=O) groups excluding carboxylic acids is 1. The Morgan fingerprint density at radius 3 is 2.27 bits per heavy atom. The van der Waals surface area contributed by atoms with Crippen molar-refractivity contribution in [3.05, 3.63) is 34.3 Å². The van der Waals surface area contributed by atoms with Crippen LogP contribution in [-0.4, -0.2) is 25.3 Å². The van der Waals surface area contributed by atoms with Crippen molar-refractivity contribution in [1.82, 2.24) is 0 Å². The average molecular weight is 386 g/mol. The number of benzene rings is 1. The van der Waals surface area contributed by atoms with Crippen molar-refractivity contribution in [3.63, 3.8) is 0 Å². The van der Waals surface area contributed by atoms with E-state index in [4.69, 9.17) is 5.73 Å². The SMILES string of the molecule is CC.CCOC(=O)C(F)(F)F.NCCCc1cccc(Br)c1. The predicted molar refractivity (Wildman–Crippen MR) is 85.6 cm³/mol. The Morgan fingerprint density at radius 1 is 1.32 bits per heavy atom. The summed E-state index contributed by atoms with van der Waals surface area (Å²) >= 11 is 3.42. The van der Waals surface area contributed by atoms with Crippen LogP contribution in [0.15, 0.2) is 28.7 Å². The molecule has 0 unspecified atom stereocenters. The quantitative estimate of drug-likeness (QED) is 0.777. The van der Waals surface area contributed by atoms with Crippen LogP contribution in [0.5, 0.6) is 0 Å². The van der Waals surface area contributed by atoms with Crippen molar-refractivity contribution in [2.75, 3.05) is 13.2 Å². The molecule has 0 aliphatic heterocycles. The highest BCUT2D eigenvalue weighted by Crippen LogP contribution is 2.15. The van der Waals surface area contributed by atoms with E-state index in [0.717, 1.165) is 23.9 Å². The van der Waals surface area contributed by atoms with Crippen molar-refractivity contribution >= 4 is 21.9 Å². The minimum Gasteiger partial charge on any atom is -0.459 e. The molecule has 3 nitrogen and oxygen atoms in total. The molecule has 2 N–H and O–H groups in total. The fraction of sp³-hybridized carbons (Fsp3) is 0.533. The lowest BCUT2D eigenvalue weighted by Crippen LogP contribution is -2.25. The second kappa shape index (κ2) is 13.6. The van der Waals surface area contributed by atoms with Crippen molar-refractivity contribution < 1.29 is 22.7 Å². The number of rotatable bonds is 4. The number of alkyl halides is 3. The molecule has 0 amide bonds. The molecule has 7 heteroatoms. The molecule has 22 heavy (non-hydrogen) atoms. The number of hydrogen-bond acceptors (Lipinski definition) is 3. The smallest absolute Gasteiger partial charge is 0.459 e. The van der Waals surface area contributed by atoms with Crippen molar-refractivity contribution in [2.24, 2.45) is 5.73 Å². The van der Waals surface area contributed by atoms with Gasteiger partial charge in [0.25, 0.3) is 0 Å². The maximum atomic E-state index is 11.2. The Bertz CT molecular complexity index is 412. The van der Waals surface area contributed by atoms with Gasteiger partial charge in [-0.15, -0.1) is 0 Å². The Labute approximate surface area is 138 Å². The first-order chi connectivity index (χ1) is 10.3.